The molecular formula is C10H10Cl2O. The quantitative estimate of drug-likeness (QED) is 0.806. The van der Waals surface area contributed by atoms with Crippen LogP contribution in [0.3, 0.4) is 0 Å². The van der Waals surface area contributed by atoms with Crippen molar-refractivity contribution in [3.05, 3.63) is 33.8 Å². The molecule has 70 valence electrons. The molecule has 1 aromatic carbocycles. The van der Waals surface area contributed by atoms with E-state index < -0.39 is 0 Å². The number of halogens is 2. The van der Waals surface area contributed by atoms with Crippen molar-refractivity contribution in [2.45, 2.75) is 12.3 Å². The second-order valence-electron chi connectivity index (χ2n) is 3.46. The third kappa shape index (κ3) is 1.83. The largest absolute Gasteiger partial charge is 0.396 e. The molecule has 2 rings (SSSR count). The van der Waals surface area contributed by atoms with Gasteiger partial charge in [-0.1, -0.05) is 29.3 Å². The summed E-state index contributed by atoms with van der Waals surface area (Å²) in [7, 11) is 0. The number of hydrogen-bond acceptors (Lipinski definition) is 1. The van der Waals surface area contributed by atoms with E-state index in [0.29, 0.717) is 21.9 Å². The summed E-state index contributed by atoms with van der Waals surface area (Å²) in [5.74, 6) is 0.914. The molecule has 3 heteroatoms. The van der Waals surface area contributed by atoms with Crippen LogP contribution in [0.25, 0.3) is 0 Å². The van der Waals surface area contributed by atoms with Crippen molar-refractivity contribution in [3.63, 3.8) is 0 Å². The van der Waals surface area contributed by atoms with Crippen LogP contribution in [0.1, 0.15) is 17.9 Å². The van der Waals surface area contributed by atoms with Crippen LogP contribution in [-0.4, -0.2) is 11.7 Å². The third-order valence-corrected chi connectivity index (χ3v) is 3.27. The summed E-state index contributed by atoms with van der Waals surface area (Å²) in [6.45, 7) is 0.269. The summed E-state index contributed by atoms with van der Waals surface area (Å²) in [6.07, 6.45) is 1.06. The molecule has 13 heavy (non-hydrogen) atoms. The first kappa shape index (κ1) is 9.32. The molecule has 0 saturated heterocycles. The summed E-state index contributed by atoms with van der Waals surface area (Å²) in [6, 6.07) is 5.69. The number of rotatable bonds is 2. The third-order valence-electron chi connectivity index (χ3n) is 2.53. The maximum absolute atomic E-state index is 8.90. The highest BCUT2D eigenvalue weighted by molar-refractivity contribution is 6.42. The predicted molar refractivity (Wildman–Crippen MR) is 54.4 cm³/mol. The van der Waals surface area contributed by atoms with Crippen LogP contribution in [0.15, 0.2) is 18.2 Å². The minimum absolute atomic E-state index is 0.269. The van der Waals surface area contributed by atoms with Crippen LogP contribution in [0.5, 0.6) is 0 Å². The van der Waals surface area contributed by atoms with Gasteiger partial charge in [0.2, 0.25) is 0 Å². The Balaban J connectivity index is 2.19. The topological polar surface area (TPSA) is 20.2 Å². The van der Waals surface area contributed by atoms with Crippen LogP contribution in [0.2, 0.25) is 10.0 Å². The lowest BCUT2D eigenvalue weighted by molar-refractivity contribution is 0.274. The highest BCUT2D eigenvalue weighted by atomic mass is 35.5. The van der Waals surface area contributed by atoms with Crippen molar-refractivity contribution < 1.29 is 5.11 Å². The van der Waals surface area contributed by atoms with Gasteiger partial charge in [-0.25, -0.2) is 0 Å². The maximum Gasteiger partial charge on any atom is 0.0595 e. The van der Waals surface area contributed by atoms with Crippen LogP contribution in [-0.2, 0) is 0 Å². The van der Waals surface area contributed by atoms with Gasteiger partial charge in [0.1, 0.15) is 0 Å². The molecule has 0 heterocycles. The Labute approximate surface area is 87.3 Å². The second-order valence-corrected chi connectivity index (χ2v) is 4.27. The Bertz CT molecular complexity index is 325. The molecule has 0 radical (unpaired) electrons. The fourth-order valence-corrected chi connectivity index (χ4v) is 1.91. The Morgan fingerprint density at radius 2 is 2.08 bits per heavy atom. The van der Waals surface area contributed by atoms with Crippen LogP contribution in [0.4, 0.5) is 0 Å². The molecule has 1 fully saturated rings. The minimum atomic E-state index is 0.269. The highest BCUT2D eigenvalue weighted by Crippen LogP contribution is 2.47. The molecule has 1 aliphatic carbocycles. The van der Waals surface area contributed by atoms with Crippen molar-refractivity contribution >= 4 is 23.2 Å². The van der Waals surface area contributed by atoms with E-state index in [1.807, 2.05) is 18.2 Å². The normalized spacial score (nSPS) is 26.1. The molecule has 1 saturated carbocycles. The zero-order valence-corrected chi connectivity index (χ0v) is 8.52. The van der Waals surface area contributed by atoms with Crippen molar-refractivity contribution in [3.8, 4) is 0 Å². The number of aliphatic hydroxyl groups excluding tert-OH is 1. The predicted octanol–water partition coefficient (Wildman–Crippen LogP) is 3.09. The number of aliphatic hydroxyl groups is 1. The summed E-state index contributed by atoms with van der Waals surface area (Å²) in [4.78, 5) is 0. The fourth-order valence-electron chi connectivity index (χ4n) is 1.60. The molecule has 1 unspecified atom stereocenters. The lowest BCUT2D eigenvalue weighted by Crippen LogP contribution is -1.88. The van der Waals surface area contributed by atoms with Crippen molar-refractivity contribution in [2.75, 3.05) is 6.61 Å². The van der Waals surface area contributed by atoms with Gasteiger partial charge in [-0.3, -0.25) is 0 Å². The van der Waals surface area contributed by atoms with Crippen molar-refractivity contribution in [1.29, 1.82) is 0 Å². The zero-order chi connectivity index (χ0) is 9.42. The van der Waals surface area contributed by atoms with Crippen LogP contribution < -0.4 is 0 Å². The second kappa shape index (κ2) is 3.49. The summed E-state index contributed by atoms with van der Waals surface area (Å²) < 4.78 is 0. The van der Waals surface area contributed by atoms with Gasteiger partial charge in [0.15, 0.2) is 0 Å². The Morgan fingerprint density at radius 3 is 2.62 bits per heavy atom. The van der Waals surface area contributed by atoms with E-state index in [1.54, 1.807) is 0 Å². The average Bonchev–Trinajstić information content (AvgIpc) is 2.88. The summed E-state index contributed by atoms with van der Waals surface area (Å²) in [5, 5.41) is 10.1. The molecular weight excluding hydrogens is 207 g/mol. The number of benzene rings is 1. The average molecular weight is 217 g/mol. The molecule has 1 aromatic rings. The van der Waals surface area contributed by atoms with E-state index >= 15 is 0 Å². The first-order chi connectivity index (χ1) is 6.22. The van der Waals surface area contributed by atoms with Crippen molar-refractivity contribution in [2.24, 2.45) is 5.92 Å². The van der Waals surface area contributed by atoms with Gasteiger partial charge in [0.05, 0.1) is 10.0 Å². The first-order valence-corrected chi connectivity index (χ1v) is 5.03. The van der Waals surface area contributed by atoms with Gasteiger partial charge in [-0.15, -0.1) is 0 Å². The maximum atomic E-state index is 8.90. The van der Waals surface area contributed by atoms with Gasteiger partial charge in [0.25, 0.3) is 0 Å². The summed E-state index contributed by atoms with van der Waals surface area (Å²) in [5.41, 5.74) is 1.19. The van der Waals surface area contributed by atoms with Crippen LogP contribution >= 0.6 is 23.2 Å². The van der Waals surface area contributed by atoms with E-state index in [9.17, 15) is 0 Å². The van der Waals surface area contributed by atoms with Crippen molar-refractivity contribution in [1.82, 2.24) is 0 Å². The molecule has 1 nitrogen and oxygen atoms in total. The monoisotopic (exact) mass is 216 g/mol. The minimum Gasteiger partial charge on any atom is -0.396 e. The van der Waals surface area contributed by atoms with Crippen LogP contribution in [0, 0.1) is 5.92 Å². The Morgan fingerprint density at radius 1 is 1.31 bits per heavy atom. The van der Waals surface area contributed by atoms with E-state index in [2.05, 4.69) is 0 Å². The SMILES string of the molecule is OC[C@@H]1CC1c1ccc(Cl)c(Cl)c1. The van der Waals surface area contributed by atoms with E-state index in [4.69, 9.17) is 28.3 Å². The molecule has 2 atom stereocenters. The van der Waals surface area contributed by atoms with Gasteiger partial charge < -0.3 is 5.11 Å². The number of hydrogen-bond donors (Lipinski definition) is 1. The summed E-state index contributed by atoms with van der Waals surface area (Å²) >= 11 is 11.7. The van der Waals surface area contributed by atoms with Gasteiger partial charge in [-0.2, -0.15) is 0 Å². The molecule has 1 aliphatic rings. The molecule has 1 N–H and O–H groups in total. The molecule has 0 amide bonds. The van der Waals surface area contributed by atoms with E-state index in [1.165, 1.54) is 5.56 Å². The van der Waals surface area contributed by atoms with Gasteiger partial charge >= 0.3 is 0 Å². The molecule has 0 spiro atoms. The smallest absolute Gasteiger partial charge is 0.0595 e. The Hall–Kier alpha value is -0.240. The first-order valence-electron chi connectivity index (χ1n) is 4.28. The molecule has 0 aromatic heterocycles. The Kier molecular flexibility index (Phi) is 2.50. The fraction of sp³-hybridized carbons (Fsp3) is 0.400. The lowest BCUT2D eigenvalue weighted by atomic mass is 10.1. The van der Waals surface area contributed by atoms with Gasteiger partial charge in [0, 0.05) is 6.61 Å². The van der Waals surface area contributed by atoms with Gasteiger partial charge in [-0.05, 0) is 36.0 Å². The lowest BCUT2D eigenvalue weighted by Gasteiger charge is -2.01. The van der Waals surface area contributed by atoms with E-state index in [0.717, 1.165) is 6.42 Å². The molecule has 0 bridgehead atoms. The zero-order valence-electron chi connectivity index (χ0n) is 7.00. The standard InChI is InChI=1S/C10H10Cl2O/c11-9-2-1-6(4-10(9)12)8-3-7(8)5-13/h1-2,4,7-8,13H,3,5H2/t7-,8?/m0/s1. The van der Waals surface area contributed by atoms with E-state index in [-0.39, 0.29) is 6.61 Å². The molecule has 0 aliphatic heterocycles. The highest BCUT2D eigenvalue weighted by Gasteiger charge is 2.37.